The first-order chi connectivity index (χ1) is 15.2. The Kier molecular flexibility index (Phi) is 9.61. The van der Waals surface area contributed by atoms with E-state index in [2.05, 4.69) is 37.4 Å². The van der Waals surface area contributed by atoms with Crippen molar-refractivity contribution in [3.63, 3.8) is 0 Å². The molecule has 0 radical (unpaired) electrons. The smallest absolute Gasteiger partial charge is 0.269 e. The van der Waals surface area contributed by atoms with Gasteiger partial charge in [0.05, 0.1) is 11.1 Å². The van der Waals surface area contributed by atoms with Gasteiger partial charge in [-0.15, -0.1) is 0 Å². The summed E-state index contributed by atoms with van der Waals surface area (Å²) in [7, 11) is 0. The number of benzene rings is 2. The number of nitrogens with one attached hydrogen (secondary N) is 4. The predicted octanol–water partition coefficient (Wildman–Crippen LogP) is 3.78. The van der Waals surface area contributed by atoms with E-state index in [1.165, 1.54) is 0 Å². The van der Waals surface area contributed by atoms with E-state index < -0.39 is 11.8 Å². The van der Waals surface area contributed by atoms with Gasteiger partial charge in [-0.1, -0.05) is 13.8 Å². The molecule has 0 aliphatic heterocycles. The van der Waals surface area contributed by atoms with Crippen molar-refractivity contribution < 1.29 is 19.1 Å². The summed E-state index contributed by atoms with van der Waals surface area (Å²) in [6.45, 7) is 6.30. The first-order valence-corrected chi connectivity index (χ1v) is 11.1. The summed E-state index contributed by atoms with van der Waals surface area (Å²) in [6, 6.07) is 11.3. The zero-order chi connectivity index (χ0) is 23.7. The van der Waals surface area contributed by atoms with Crippen molar-refractivity contribution in [2.75, 3.05) is 11.9 Å². The van der Waals surface area contributed by atoms with E-state index in [1.54, 1.807) is 42.5 Å². The fraction of sp³-hybridized carbons (Fsp3) is 0.273. The molecule has 0 heterocycles. The Bertz CT molecular complexity index is 996. The molecule has 0 spiro atoms. The second-order valence-electron chi connectivity index (χ2n) is 7.16. The van der Waals surface area contributed by atoms with E-state index in [9.17, 15) is 14.4 Å². The molecule has 8 nitrogen and oxygen atoms in total. The Balaban J connectivity index is 1.84. The third kappa shape index (κ3) is 7.93. The number of hydrogen-bond acceptors (Lipinski definition) is 5. The molecule has 0 aromatic heterocycles. The summed E-state index contributed by atoms with van der Waals surface area (Å²) in [5.41, 5.74) is 6.23. The number of hydrogen-bond donors (Lipinski definition) is 4. The molecule has 2 aromatic rings. The molecule has 32 heavy (non-hydrogen) atoms. The van der Waals surface area contributed by atoms with Crippen LogP contribution >= 0.6 is 28.1 Å². The molecule has 0 aliphatic carbocycles. The van der Waals surface area contributed by atoms with Gasteiger partial charge in [0, 0.05) is 23.2 Å². The van der Waals surface area contributed by atoms with Crippen LogP contribution in [0, 0.1) is 5.92 Å². The van der Waals surface area contributed by atoms with Crippen LogP contribution in [-0.4, -0.2) is 29.4 Å². The Morgan fingerprint density at radius 3 is 2.25 bits per heavy atom. The number of thiocarbonyl (C=S) groups is 1. The molecule has 170 valence electrons. The van der Waals surface area contributed by atoms with Gasteiger partial charge in [0.2, 0.25) is 5.91 Å². The van der Waals surface area contributed by atoms with Gasteiger partial charge < -0.3 is 10.1 Å². The first-order valence-electron chi connectivity index (χ1n) is 9.93. The van der Waals surface area contributed by atoms with Gasteiger partial charge in [0.15, 0.2) is 5.11 Å². The van der Waals surface area contributed by atoms with Gasteiger partial charge >= 0.3 is 0 Å². The lowest BCUT2D eigenvalue weighted by Gasteiger charge is -2.12. The molecular formula is C22H25BrN4O4S. The Morgan fingerprint density at radius 1 is 1.00 bits per heavy atom. The minimum atomic E-state index is -0.453. The number of halogens is 1. The molecule has 0 saturated carbocycles. The molecule has 2 rings (SSSR count). The number of amides is 3. The Labute approximate surface area is 200 Å². The van der Waals surface area contributed by atoms with E-state index in [-0.39, 0.29) is 16.9 Å². The van der Waals surface area contributed by atoms with E-state index in [0.717, 1.165) is 0 Å². The van der Waals surface area contributed by atoms with E-state index in [0.29, 0.717) is 40.1 Å². The Hall–Kier alpha value is -2.98. The number of carbonyl (C=O) groups is 3. The predicted molar refractivity (Wildman–Crippen MR) is 131 cm³/mol. The fourth-order valence-corrected chi connectivity index (χ4v) is 3.23. The first kappa shape index (κ1) is 25.3. The standard InChI is InChI=1S/C22H25BrN4O4S/c1-4-31-18-10-7-15(12-17(18)23)20(29)25-22(32)27-26-21(30)14-5-8-16(9-6-14)24-19(28)11-13(2)3/h5-10,12-13H,4,11H2,1-3H3,(H,24,28)(H,26,30)(H2,25,27,29,32). The van der Waals surface area contributed by atoms with Crippen LogP contribution in [0.2, 0.25) is 0 Å². The zero-order valence-corrected chi connectivity index (χ0v) is 20.4. The normalized spacial score (nSPS) is 10.3. The topological polar surface area (TPSA) is 109 Å². The minimum Gasteiger partial charge on any atom is -0.493 e. The van der Waals surface area contributed by atoms with Gasteiger partial charge in [0.25, 0.3) is 11.8 Å². The highest BCUT2D eigenvalue weighted by molar-refractivity contribution is 9.10. The molecule has 0 saturated heterocycles. The molecule has 4 N–H and O–H groups in total. The van der Waals surface area contributed by atoms with Crippen molar-refractivity contribution in [2.45, 2.75) is 27.2 Å². The van der Waals surface area contributed by atoms with Crippen molar-refractivity contribution in [1.29, 1.82) is 0 Å². The quantitative estimate of drug-likeness (QED) is 0.326. The maximum absolute atomic E-state index is 12.3. The maximum Gasteiger partial charge on any atom is 0.269 e. The largest absolute Gasteiger partial charge is 0.493 e. The molecule has 0 atom stereocenters. The number of ether oxygens (including phenoxy) is 1. The van der Waals surface area contributed by atoms with Crippen LogP contribution in [0.4, 0.5) is 5.69 Å². The number of rotatable bonds is 7. The molecule has 0 fully saturated rings. The summed E-state index contributed by atoms with van der Waals surface area (Å²) in [6.07, 6.45) is 0.420. The molecular weight excluding hydrogens is 496 g/mol. The van der Waals surface area contributed by atoms with E-state index in [1.807, 2.05) is 20.8 Å². The van der Waals surface area contributed by atoms with Gasteiger partial charge in [-0.05, 0) is 83.5 Å². The maximum atomic E-state index is 12.3. The van der Waals surface area contributed by atoms with Crippen LogP contribution < -0.4 is 26.2 Å². The highest BCUT2D eigenvalue weighted by Crippen LogP contribution is 2.25. The third-order valence-corrected chi connectivity index (χ3v) is 4.86. The third-order valence-electron chi connectivity index (χ3n) is 4.04. The lowest BCUT2D eigenvalue weighted by Crippen LogP contribution is -2.48. The monoisotopic (exact) mass is 520 g/mol. The van der Waals surface area contributed by atoms with Crippen LogP contribution in [0.25, 0.3) is 0 Å². The SMILES string of the molecule is CCOc1ccc(C(=O)NC(=S)NNC(=O)c2ccc(NC(=O)CC(C)C)cc2)cc1Br. The molecule has 0 bridgehead atoms. The summed E-state index contributed by atoms with van der Waals surface area (Å²) < 4.78 is 6.06. The van der Waals surface area contributed by atoms with Crippen molar-refractivity contribution in [1.82, 2.24) is 16.2 Å². The average Bonchev–Trinajstić information content (AvgIpc) is 2.73. The highest BCUT2D eigenvalue weighted by Gasteiger charge is 2.12. The van der Waals surface area contributed by atoms with E-state index in [4.69, 9.17) is 17.0 Å². The number of carbonyl (C=O) groups excluding carboxylic acids is 3. The van der Waals surface area contributed by atoms with Crippen LogP contribution in [0.15, 0.2) is 46.9 Å². The van der Waals surface area contributed by atoms with Crippen LogP contribution in [0.5, 0.6) is 5.75 Å². The second kappa shape index (κ2) is 12.2. The van der Waals surface area contributed by atoms with Gasteiger partial charge in [-0.2, -0.15) is 0 Å². The van der Waals surface area contributed by atoms with Crippen LogP contribution in [-0.2, 0) is 4.79 Å². The van der Waals surface area contributed by atoms with Gasteiger partial charge in [-0.3, -0.25) is 30.6 Å². The summed E-state index contributed by atoms with van der Waals surface area (Å²) in [4.78, 5) is 36.4. The molecule has 0 aliphatic rings. The lowest BCUT2D eigenvalue weighted by molar-refractivity contribution is -0.116. The van der Waals surface area contributed by atoms with Crippen molar-refractivity contribution in [3.8, 4) is 5.75 Å². The number of hydrazine groups is 1. The van der Waals surface area contributed by atoms with Crippen LogP contribution in [0.3, 0.4) is 0 Å². The minimum absolute atomic E-state index is 0.0640. The molecule has 0 unspecified atom stereocenters. The van der Waals surface area contributed by atoms with Gasteiger partial charge in [0.1, 0.15) is 5.75 Å². The summed E-state index contributed by atoms with van der Waals surface area (Å²) >= 11 is 8.41. The second-order valence-corrected chi connectivity index (χ2v) is 8.43. The van der Waals surface area contributed by atoms with Gasteiger partial charge in [-0.25, -0.2) is 0 Å². The zero-order valence-electron chi connectivity index (χ0n) is 18.0. The van der Waals surface area contributed by atoms with Crippen molar-refractivity contribution in [3.05, 3.63) is 58.1 Å². The Morgan fingerprint density at radius 2 is 1.66 bits per heavy atom. The average molecular weight is 521 g/mol. The summed E-state index contributed by atoms with van der Waals surface area (Å²) in [5, 5.41) is 5.20. The van der Waals surface area contributed by atoms with Crippen molar-refractivity contribution in [2.24, 2.45) is 5.92 Å². The molecule has 3 amide bonds. The van der Waals surface area contributed by atoms with Crippen molar-refractivity contribution >= 4 is 56.7 Å². The molecule has 2 aromatic carbocycles. The summed E-state index contributed by atoms with van der Waals surface area (Å²) in [5.74, 6) is -0.0964. The highest BCUT2D eigenvalue weighted by atomic mass is 79.9. The molecule has 10 heteroatoms. The van der Waals surface area contributed by atoms with E-state index >= 15 is 0 Å². The lowest BCUT2D eigenvalue weighted by atomic mass is 10.1. The fourth-order valence-electron chi connectivity index (χ4n) is 2.59. The number of anilines is 1. The van der Waals surface area contributed by atoms with Crippen LogP contribution in [0.1, 0.15) is 47.9 Å².